The Bertz CT molecular complexity index is 1840. The van der Waals surface area contributed by atoms with Crippen molar-refractivity contribution in [3.8, 4) is 11.3 Å². The number of carbonyl (C=O) groups excluding carboxylic acids is 2. The Labute approximate surface area is 237 Å². The number of likely N-dealkylation sites (N-methyl/N-ethyl adjacent to an activating group) is 1. The molecule has 0 saturated carbocycles. The van der Waals surface area contributed by atoms with Gasteiger partial charge in [-0.15, -0.1) is 0 Å². The van der Waals surface area contributed by atoms with E-state index >= 15 is 0 Å². The molecule has 6 heterocycles. The summed E-state index contributed by atoms with van der Waals surface area (Å²) in [5, 5.41) is 6.44. The molecule has 2 N–H and O–H groups in total. The number of likely N-dealkylation sites (tertiary alicyclic amines) is 1. The SMILES string of the molecule is CN(C)Cc1nc(Nc2ccc(-c3cnc4ccc5occc5n34)c3c2C(=O)NC3)ccc1C1CCC(=O)N(C)C1. The van der Waals surface area contributed by atoms with Crippen LogP contribution >= 0.6 is 0 Å². The number of hydrogen-bond acceptors (Lipinski definition) is 7. The molecule has 0 spiro atoms. The Morgan fingerprint density at radius 2 is 2.00 bits per heavy atom. The fourth-order valence-electron chi connectivity index (χ4n) is 6.18. The van der Waals surface area contributed by atoms with Crippen molar-refractivity contribution in [3.05, 3.63) is 77.3 Å². The number of amides is 2. The molecular formula is C31H31N7O3. The van der Waals surface area contributed by atoms with Gasteiger partial charge in [0, 0.05) is 50.7 Å². The van der Waals surface area contributed by atoms with Crippen molar-refractivity contribution < 1.29 is 14.0 Å². The minimum Gasteiger partial charge on any atom is -0.463 e. The fraction of sp³-hybridized carbons (Fsp3) is 0.290. The monoisotopic (exact) mass is 549 g/mol. The number of carbonyl (C=O) groups is 2. The smallest absolute Gasteiger partial charge is 0.254 e. The lowest BCUT2D eigenvalue weighted by atomic mass is 9.89. The van der Waals surface area contributed by atoms with Gasteiger partial charge in [-0.05, 0) is 55.9 Å². The van der Waals surface area contributed by atoms with Crippen LogP contribution in [0.2, 0.25) is 0 Å². The van der Waals surface area contributed by atoms with Crippen LogP contribution in [-0.4, -0.2) is 63.7 Å². The standard InChI is InChI=1S/C31H31N7O3/c1-36(2)17-23-19(18-4-11-29(39)37(3)16-18)6-9-27(35-23)34-22-7-5-20(21-14-33-31(40)30(21)22)25-15-32-28-10-8-26-24(38(25)28)12-13-41-26/h5-10,12-13,15,18H,4,11,14,16-17H2,1-3H3,(H,33,40)(H,34,35). The Kier molecular flexibility index (Phi) is 6.01. The summed E-state index contributed by atoms with van der Waals surface area (Å²) in [6.45, 7) is 1.80. The summed E-state index contributed by atoms with van der Waals surface area (Å²) in [6.07, 6.45) is 4.89. The van der Waals surface area contributed by atoms with E-state index in [0.29, 0.717) is 43.1 Å². The van der Waals surface area contributed by atoms with E-state index < -0.39 is 0 Å². The molecule has 1 saturated heterocycles. The van der Waals surface area contributed by atoms with Crippen LogP contribution in [0.25, 0.3) is 28.0 Å². The van der Waals surface area contributed by atoms with Crippen LogP contribution in [0.3, 0.4) is 0 Å². The Balaban J connectivity index is 1.26. The molecule has 0 radical (unpaired) electrons. The van der Waals surface area contributed by atoms with Crippen LogP contribution in [0, 0.1) is 0 Å². The highest BCUT2D eigenvalue weighted by atomic mass is 16.3. The van der Waals surface area contributed by atoms with Crippen LogP contribution in [0.15, 0.2) is 59.3 Å². The number of rotatable bonds is 6. The molecule has 1 unspecified atom stereocenters. The molecule has 0 aliphatic carbocycles. The van der Waals surface area contributed by atoms with E-state index in [4.69, 9.17) is 9.40 Å². The van der Waals surface area contributed by atoms with Gasteiger partial charge in [0.05, 0.1) is 40.6 Å². The molecule has 2 amide bonds. The summed E-state index contributed by atoms with van der Waals surface area (Å²) in [5.74, 6) is 0.994. The van der Waals surface area contributed by atoms with Gasteiger partial charge in [-0.2, -0.15) is 0 Å². The van der Waals surface area contributed by atoms with Crippen molar-refractivity contribution in [1.82, 2.24) is 29.5 Å². The van der Waals surface area contributed by atoms with Gasteiger partial charge in [-0.1, -0.05) is 12.1 Å². The summed E-state index contributed by atoms with van der Waals surface area (Å²) in [6, 6.07) is 13.8. The maximum Gasteiger partial charge on any atom is 0.254 e. The van der Waals surface area contributed by atoms with Crippen molar-refractivity contribution in [2.24, 2.45) is 0 Å². The molecule has 208 valence electrons. The van der Waals surface area contributed by atoms with E-state index in [1.807, 2.05) is 68.6 Å². The number of nitrogens with zero attached hydrogens (tertiary/aromatic N) is 5. The molecule has 10 nitrogen and oxygen atoms in total. The first-order valence-electron chi connectivity index (χ1n) is 13.8. The summed E-state index contributed by atoms with van der Waals surface area (Å²) in [7, 11) is 5.91. The van der Waals surface area contributed by atoms with Gasteiger partial charge in [0.2, 0.25) is 5.91 Å². The van der Waals surface area contributed by atoms with Gasteiger partial charge in [-0.3, -0.25) is 14.0 Å². The maximum atomic E-state index is 13.1. The number of piperidine rings is 1. The minimum absolute atomic E-state index is 0.119. The highest BCUT2D eigenvalue weighted by Crippen LogP contribution is 2.37. The minimum atomic E-state index is -0.119. The number of nitrogens with one attached hydrogen (secondary N) is 2. The zero-order valence-electron chi connectivity index (χ0n) is 23.3. The third kappa shape index (κ3) is 4.31. The third-order valence-electron chi connectivity index (χ3n) is 8.13. The average Bonchev–Trinajstić information content (AvgIpc) is 3.69. The predicted octanol–water partition coefficient (Wildman–Crippen LogP) is 4.53. The average molecular weight is 550 g/mol. The van der Waals surface area contributed by atoms with Gasteiger partial charge in [0.25, 0.3) is 5.91 Å². The number of imidazole rings is 1. The zero-order valence-corrected chi connectivity index (χ0v) is 23.3. The van der Waals surface area contributed by atoms with Crippen LogP contribution in [0.1, 0.15) is 45.9 Å². The van der Waals surface area contributed by atoms with Gasteiger partial charge in [0.15, 0.2) is 5.58 Å². The van der Waals surface area contributed by atoms with E-state index in [1.54, 1.807) is 6.26 Å². The van der Waals surface area contributed by atoms with Crippen LogP contribution in [-0.2, 0) is 17.9 Å². The molecule has 41 heavy (non-hydrogen) atoms. The van der Waals surface area contributed by atoms with Crippen molar-refractivity contribution in [2.75, 3.05) is 33.0 Å². The predicted molar refractivity (Wildman–Crippen MR) is 156 cm³/mol. The molecule has 1 fully saturated rings. The molecule has 2 aliphatic heterocycles. The molecule has 1 atom stereocenters. The van der Waals surface area contributed by atoms with E-state index in [2.05, 4.69) is 31.0 Å². The van der Waals surface area contributed by atoms with Crippen LogP contribution < -0.4 is 10.6 Å². The topological polar surface area (TPSA) is 108 Å². The second-order valence-electron chi connectivity index (χ2n) is 11.1. The summed E-state index contributed by atoms with van der Waals surface area (Å²) < 4.78 is 7.68. The Morgan fingerprint density at radius 3 is 2.83 bits per heavy atom. The van der Waals surface area contributed by atoms with Crippen molar-refractivity contribution in [1.29, 1.82) is 0 Å². The number of hydrogen-bond donors (Lipinski definition) is 2. The van der Waals surface area contributed by atoms with E-state index in [9.17, 15) is 9.59 Å². The van der Waals surface area contributed by atoms with Crippen LogP contribution in [0.5, 0.6) is 0 Å². The lowest BCUT2D eigenvalue weighted by Crippen LogP contribution is -2.36. The van der Waals surface area contributed by atoms with Gasteiger partial charge in [-0.25, -0.2) is 9.97 Å². The number of aromatic nitrogens is 3. The lowest BCUT2D eigenvalue weighted by molar-refractivity contribution is -0.132. The fourth-order valence-corrected chi connectivity index (χ4v) is 6.18. The molecule has 10 heteroatoms. The first-order chi connectivity index (χ1) is 19.9. The highest BCUT2D eigenvalue weighted by molar-refractivity contribution is 6.06. The molecular weight excluding hydrogens is 518 g/mol. The van der Waals surface area contributed by atoms with Gasteiger partial charge in [0.1, 0.15) is 11.5 Å². The van der Waals surface area contributed by atoms with Gasteiger partial charge >= 0.3 is 0 Å². The number of benzene rings is 1. The number of furan rings is 1. The molecule has 2 aliphatic rings. The largest absolute Gasteiger partial charge is 0.463 e. The molecule has 7 rings (SSSR count). The molecule has 1 aromatic carbocycles. The Hall–Kier alpha value is -4.70. The number of fused-ring (bicyclic) bond motifs is 4. The summed E-state index contributed by atoms with van der Waals surface area (Å²) in [4.78, 5) is 38.7. The van der Waals surface area contributed by atoms with E-state index in [-0.39, 0.29) is 17.7 Å². The van der Waals surface area contributed by atoms with Gasteiger partial charge < -0.3 is 24.9 Å². The quantitative estimate of drug-likeness (QED) is 0.321. The lowest BCUT2D eigenvalue weighted by Gasteiger charge is -2.31. The van der Waals surface area contributed by atoms with E-state index in [0.717, 1.165) is 45.7 Å². The first kappa shape index (κ1) is 25.3. The second kappa shape index (κ2) is 9.74. The highest BCUT2D eigenvalue weighted by Gasteiger charge is 2.29. The summed E-state index contributed by atoms with van der Waals surface area (Å²) in [5.41, 5.74) is 8.74. The van der Waals surface area contributed by atoms with Crippen molar-refractivity contribution >= 4 is 40.1 Å². The maximum absolute atomic E-state index is 13.1. The van der Waals surface area contributed by atoms with Crippen molar-refractivity contribution in [3.63, 3.8) is 0 Å². The number of anilines is 2. The van der Waals surface area contributed by atoms with Crippen molar-refractivity contribution in [2.45, 2.75) is 31.8 Å². The second-order valence-corrected chi connectivity index (χ2v) is 11.1. The molecule has 5 aromatic rings. The van der Waals surface area contributed by atoms with E-state index in [1.165, 1.54) is 5.56 Å². The van der Waals surface area contributed by atoms with Crippen LogP contribution in [0.4, 0.5) is 11.5 Å². The molecule has 4 aromatic heterocycles. The summed E-state index contributed by atoms with van der Waals surface area (Å²) >= 11 is 0. The zero-order chi connectivity index (χ0) is 28.2. The Morgan fingerprint density at radius 1 is 1.12 bits per heavy atom. The third-order valence-corrected chi connectivity index (χ3v) is 8.13. The molecule has 0 bridgehead atoms. The first-order valence-corrected chi connectivity index (χ1v) is 13.8. The normalized spacial score (nSPS) is 17.1. The number of pyridine rings is 2.